The van der Waals surface area contributed by atoms with E-state index in [9.17, 15) is 4.79 Å². The molecule has 20 heavy (non-hydrogen) atoms. The van der Waals surface area contributed by atoms with Crippen molar-refractivity contribution in [2.24, 2.45) is 0 Å². The molecule has 0 atom stereocenters. The van der Waals surface area contributed by atoms with E-state index in [0.717, 1.165) is 36.3 Å². The van der Waals surface area contributed by atoms with Crippen LogP contribution < -0.4 is 10.6 Å². The number of rotatable bonds is 5. The van der Waals surface area contributed by atoms with Crippen LogP contribution in [0.1, 0.15) is 37.7 Å². The van der Waals surface area contributed by atoms with Crippen molar-refractivity contribution >= 4 is 29.9 Å². The minimum absolute atomic E-state index is 0. The van der Waals surface area contributed by atoms with Gasteiger partial charge < -0.3 is 10.6 Å². The van der Waals surface area contributed by atoms with E-state index in [1.165, 1.54) is 0 Å². The van der Waals surface area contributed by atoms with Gasteiger partial charge in [0.05, 0.1) is 5.54 Å². The van der Waals surface area contributed by atoms with E-state index in [4.69, 9.17) is 11.6 Å². The van der Waals surface area contributed by atoms with Crippen molar-refractivity contribution in [2.75, 3.05) is 13.6 Å². The third-order valence-corrected chi connectivity index (χ3v) is 4.05. The van der Waals surface area contributed by atoms with Crippen molar-refractivity contribution in [3.8, 4) is 0 Å². The van der Waals surface area contributed by atoms with Crippen LogP contribution in [0, 0.1) is 0 Å². The van der Waals surface area contributed by atoms with Crippen molar-refractivity contribution in [1.29, 1.82) is 0 Å². The van der Waals surface area contributed by atoms with E-state index < -0.39 is 0 Å². The molecule has 1 aliphatic rings. The minimum atomic E-state index is -0.213. The number of hydrogen-bond donors (Lipinski definition) is 2. The molecule has 0 aromatic heterocycles. The molecule has 0 heterocycles. The van der Waals surface area contributed by atoms with Crippen LogP contribution in [0.2, 0.25) is 5.02 Å². The highest BCUT2D eigenvalue weighted by atomic mass is 35.5. The van der Waals surface area contributed by atoms with Crippen LogP contribution in [0.3, 0.4) is 0 Å². The Kier molecular flexibility index (Phi) is 6.80. The quantitative estimate of drug-likeness (QED) is 0.875. The number of carbonyl (C=O) groups excluding carboxylic acids is 1. The van der Waals surface area contributed by atoms with Gasteiger partial charge in [-0.1, -0.05) is 36.6 Å². The first-order valence-electron chi connectivity index (χ1n) is 6.88. The van der Waals surface area contributed by atoms with Gasteiger partial charge in [-0.15, -0.1) is 12.4 Å². The Morgan fingerprint density at radius 1 is 1.35 bits per heavy atom. The number of halogens is 2. The van der Waals surface area contributed by atoms with Crippen LogP contribution in [0.4, 0.5) is 0 Å². The zero-order chi connectivity index (χ0) is 13.7. The third-order valence-electron chi connectivity index (χ3n) is 3.82. The van der Waals surface area contributed by atoms with Crippen LogP contribution >= 0.6 is 24.0 Å². The van der Waals surface area contributed by atoms with Crippen LogP contribution in [0.25, 0.3) is 0 Å². The number of amides is 1. The molecule has 0 unspecified atom stereocenters. The smallest absolute Gasteiger partial charge is 0.221 e. The number of hydrogen-bond acceptors (Lipinski definition) is 2. The van der Waals surface area contributed by atoms with E-state index in [2.05, 4.69) is 16.7 Å². The summed E-state index contributed by atoms with van der Waals surface area (Å²) in [7, 11) is 1.86. The zero-order valence-electron chi connectivity index (χ0n) is 11.7. The molecule has 5 heteroatoms. The summed E-state index contributed by atoms with van der Waals surface area (Å²) >= 11 is 6.08. The van der Waals surface area contributed by atoms with Crippen LogP contribution in [0.5, 0.6) is 0 Å². The highest BCUT2D eigenvalue weighted by molar-refractivity contribution is 6.30. The lowest BCUT2D eigenvalue weighted by molar-refractivity contribution is -0.123. The number of carbonyl (C=O) groups is 1. The lowest BCUT2D eigenvalue weighted by Crippen LogP contribution is -2.44. The number of nitrogens with one attached hydrogen (secondary N) is 2. The molecule has 0 aliphatic heterocycles. The molecule has 0 saturated heterocycles. The molecule has 2 N–H and O–H groups in total. The Bertz CT molecular complexity index is 445. The van der Waals surface area contributed by atoms with Crippen molar-refractivity contribution in [3.63, 3.8) is 0 Å². The lowest BCUT2D eigenvalue weighted by atomic mass is 9.88. The average molecular weight is 317 g/mol. The standard InChI is InChI=1S/C15H21ClN2O.ClH/c1-17-10-7-14(19)18-15(8-2-3-9-15)12-5-4-6-13(16)11-12;/h4-6,11,17H,2-3,7-10H2,1H3,(H,18,19);1H. The second-order valence-electron chi connectivity index (χ2n) is 5.20. The minimum Gasteiger partial charge on any atom is -0.347 e. The molecule has 1 aliphatic carbocycles. The molecular formula is C15H22Cl2N2O. The summed E-state index contributed by atoms with van der Waals surface area (Å²) < 4.78 is 0. The summed E-state index contributed by atoms with van der Waals surface area (Å²) in [4.78, 5) is 12.0. The maximum atomic E-state index is 12.0. The van der Waals surface area contributed by atoms with Gasteiger partial charge in [-0.3, -0.25) is 4.79 Å². The van der Waals surface area contributed by atoms with Gasteiger partial charge in [-0.05, 0) is 37.6 Å². The Morgan fingerprint density at radius 3 is 2.65 bits per heavy atom. The molecule has 3 nitrogen and oxygen atoms in total. The molecule has 1 aromatic carbocycles. The van der Waals surface area contributed by atoms with Crippen LogP contribution in [0.15, 0.2) is 24.3 Å². The van der Waals surface area contributed by atoms with E-state index >= 15 is 0 Å². The predicted molar refractivity (Wildman–Crippen MR) is 85.5 cm³/mol. The van der Waals surface area contributed by atoms with Crippen molar-refractivity contribution < 1.29 is 4.79 Å². The summed E-state index contributed by atoms with van der Waals surface area (Å²) in [6.45, 7) is 0.706. The molecule has 1 saturated carbocycles. The highest BCUT2D eigenvalue weighted by Crippen LogP contribution is 2.39. The first-order valence-corrected chi connectivity index (χ1v) is 7.26. The molecule has 1 amide bonds. The molecule has 2 rings (SSSR count). The fraction of sp³-hybridized carbons (Fsp3) is 0.533. The van der Waals surface area contributed by atoms with Gasteiger partial charge in [-0.25, -0.2) is 0 Å². The Morgan fingerprint density at radius 2 is 2.05 bits per heavy atom. The SMILES string of the molecule is CNCCC(=O)NC1(c2cccc(Cl)c2)CCCC1.Cl. The summed E-state index contributed by atoms with van der Waals surface area (Å²) in [6, 6.07) is 7.87. The third kappa shape index (κ3) is 4.11. The highest BCUT2D eigenvalue weighted by Gasteiger charge is 2.36. The van der Waals surface area contributed by atoms with Crippen molar-refractivity contribution in [1.82, 2.24) is 10.6 Å². The van der Waals surface area contributed by atoms with Gasteiger partial charge in [0.15, 0.2) is 0 Å². The summed E-state index contributed by atoms with van der Waals surface area (Å²) in [6.07, 6.45) is 4.81. The topological polar surface area (TPSA) is 41.1 Å². The Labute approximate surface area is 131 Å². The molecule has 1 aromatic rings. The van der Waals surface area contributed by atoms with Crippen LogP contribution in [-0.4, -0.2) is 19.5 Å². The fourth-order valence-electron chi connectivity index (χ4n) is 2.82. The maximum Gasteiger partial charge on any atom is 0.221 e. The van der Waals surface area contributed by atoms with Gasteiger partial charge in [0.2, 0.25) is 5.91 Å². The van der Waals surface area contributed by atoms with Gasteiger partial charge >= 0.3 is 0 Å². The number of benzene rings is 1. The molecule has 0 bridgehead atoms. The second kappa shape index (κ2) is 7.87. The van der Waals surface area contributed by atoms with Gasteiger partial charge in [-0.2, -0.15) is 0 Å². The fourth-order valence-corrected chi connectivity index (χ4v) is 3.01. The largest absolute Gasteiger partial charge is 0.347 e. The molecule has 1 fully saturated rings. The molecular weight excluding hydrogens is 295 g/mol. The zero-order valence-corrected chi connectivity index (χ0v) is 13.3. The normalized spacial score (nSPS) is 16.5. The van der Waals surface area contributed by atoms with Gasteiger partial charge in [0.25, 0.3) is 0 Å². The summed E-state index contributed by atoms with van der Waals surface area (Å²) in [5.74, 6) is 0.108. The predicted octanol–water partition coefficient (Wildman–Crippen LogP) is 3.26. The van der Waals surface area contributed by atoms with Crippen LogP contribution in [-0.2, 0) is 10.3 Å². The van der Waals surface area contributed by atoms with Crippen molar-refractivity contribution in [3.05, 3.63) is 34.9 Å². The monoisotopic (exact) mass is 316 g/mol. The van der Waals surface area contributed by atoms with Gasteiger partial charge in [0, 0.05) is 18.0 Å². The Hall–Kier alpha value is -0.770. The maximum absolute atomic E-state index is 12.0. The van der Waals surface area contributed by atoms with Gasteiger partial charge in [0.1, 0.15) is 0 Å². The van der Waals surface area contributed by atoms with E-state index in [0.29, 0.717) is 13.0 Å². The molecule has 112 valence electrons. The lowest BCUT2D eigenvalue weighted by Gasteiger charge is -2.31. The van der Waals surface area contributed by atoms with E-state index in [1.54, 1.807) is 0 Å². The average Bonchev–Trinajstić information content (AvgIpc) is 2.86. The van der Waals surface area contributed by atoms with E-state index in [-0.39, 0.29) is 23.9 Å². The van der Waals surface area contributed by atoms with Crippen molar-refractivity contribution in [2.45, 2.75) is 37.6 Å². The molecule has 0 radical (unpaired) electrons. The summed E-state index contributed by atoms with van der Waals surface area (Å²) in [5.41, 5.74) is 0.922. The first-order chi connectivity index (χ1) is 9.16. The Balaban J connectivity index is 0.00000200. The van der Waals surface area contributed by atoms with E-state index in [1.807, 2.05) is 25.2 Å². The first kappa shape index (κ1) is 17.3. The molecule has 0 spiro atoms. The summed E-state index contributed by atoms with van der Waals surface area (Å²) in [5, 5.41) is 6.97. The second-order valence-corrected chi connectivity index (χ2v) is 5.64.